The van der Waals surface area contributed by atoms with Crippen LogP contribution in [0.4, 0.5) is 0 Å². The van der Waals surface area contributed by atoms with Crippen molar-refractivity contribution in [2.75, 3.05) is 7.11 Å². The number of ether oxygens (including phenoxy) is 1. The van der Waals surface area contributed by atoms with Gasteiger partial charge < -0.3 is 10.5 Å². The molecule has 2 aromatic carbocycles. The Morgan fingerprint density at radius 2 is 1.84 bits per heavy atom. The zero-order valence-corrected chi connectivity index (χ0v) is 13.7. The summed E-state index contributed by atoms with van der Waals surface area (Å²) in [6.45, 7) is 0. The molecule has 0 bridgehead atoms. The third-order valence-corrected chi connectivity index (χ3v) is 3.93. The van der Waals surface area contributed by atoms with Gasteiger partial charge in [-0.1, -0.05) is 50.1 Å². The van der Waals surface area contributed by atoms with Gasteiger partial charge >= 0.3 is 0 Å². The fraction of sp³-hybridized carbons (Fsp3) is 0.200. The van der Waals surface area contributed by atoms with Crippen LogP contribution in [0, 0.1) is 0 Å². The molecule has 2 nitrogen and oxygen atoms in total. The van der Waals surface area contributed by atoms with E-state index in [0.717, 1.165) is 26.7 Å². The van der Waals surface area contributed by atoms with Crippen molar-refractivity contribution < 1.29 is 4.74 Å². The molecule has 4 heteroatoms. The van der Waals surface area contributed by atoms with E-state index < -0.39 is 0 Å². The molecule has 0 aliphatic rings. The van der Waals surface area contributed by atoms with Gasteiger partial charge in [-0.05, 0) is 36.2 Å². The number of hydrogen-bond donors (Lipinski definition) is 1. The smallest absolute Gasteiger partial charge is 0.124 e. The van der Waals surface area contributed by atoms with Crippen LogP contribution in [0.3, 0.4) is 0 Å². The first-order valence-corrected chi connectivity index (χ1v) is 7.52. The van der Waals surface area contributed by atoms with Gasteiger partial charge in [0.25, 0.3) is 0 Å². The Labute approximate surface area is 130 Å². The van der Waals surface area contributed by atoms with Crippen LogP contribution in [-0.2, 0) is 6.42 Å². The van der Waals surface area contributed by atoms with E-state index in [-0.39, 0.29) is 6.04 Å². The van der Waals surface area contributed by atoms with Gasteiger partial charge in [0.1, 0.15) is 5.75 Å². The Hall–Kier alpha value is -0.840. The normalized spacial score (nSPS) is 12.2. The molecule has 0 heterocycles. The first-order valence-electron chi connectivity index (χ1n) is 5.93. The molecule has 2 rings (SSSR count). The highest BCUT2D eigenvalue weighted by molar-refractivity contribution is 9.10. The monoisotopic (exact) mass is 383 g/mol. The van der Waals surface area contributed by atoms with E-state index in [9.17, 15) is 0 Å². The Balaban J connectivity index is 2.22. The minimum Gasteiger partial charge on any atom is -0.496 e. The lowest BCUT2D eigenvalue weighted by Gasteiger charge is -2.16. The molecule has 19 heavy (non-hydrogen) atoms. The molecule has 0 saturated heterocycles. The van der Waals surface area contributed by atoms with Crippen LogP contribution in [0.2, 0.25) is 0 Å². The van der Waals surface area contributed by atoms with Gasteiger partial charge in [-0.15, -0.1) is 0 Å². The Morgan fingerprint density at radius 3 is 2.53 bits per heavy atom. The highest BCUT2D eigenvalue weighted by atomic mass is 79.9. The summed E-state index contributed by atoms with van der Waals surface area (Å²) < 4.78 is 7.45. The number of rotatable bonds is 4. The lowest BCUT2D eigenvalue weighted by molar-refractivity contribution is 0.405. The van der Waals surface area contributed by atoms with Crippen LogP contribution in [0.25, 0.3) is 0 Å². The topological polar surface area (TPSA) is 35.2 Å². The van der Waals surface area contributed by atoms with Crippen molar-refractivity contribution >= 4 is 31.9 Å². The summed E-state index contributed by atoms with van der Waals surface area (Å²) in [5, 5.41) is 0. The first kappa shape index (κ1) is 14.6. The maximum atomic E-state index is 6.29. The number of hydrogen-bond acceptors (Lipinski definition) is 2. The van der Waals surface area contributed by atoms with Crippen molar-refractivity contribution in [1.29, 1.82) is 0 Å². The fourth-order valence-corrected chi connectivity index (χ4v) is 2.81. The van der Waals surface area contributed by atoms with E-state index in [1.54, 1.807) is 7.11 Å². The minimum absolute atomic E-state index is 0.0858. The number of halogens is 2. The van der Waals surface area contributed by atoms with Gasteiger partial charge in [0.2, 0.25) is 0 Å². The van der Waals surface area contributed by atoms with Gasteiger partial charge in [-0.2, -0.15) is 0 Å². The molecule has 2 aromatic rings. The standard InChI is InChI=1S/C15H15Br2NO/c1-19-15-9-12(17)5-6-13(15)14(18)8-10-3-2-4-11(16)7-10/h2-7,9,14H,8,18H2,1H3. The summed E-state index contributed by atoms with van der Waals surface area (Å²) in [6.07, 6.45) is 0.775. The maximum absolute atomic E-state index is 6.29. The van der Waals surface area contributed by atoms with Crippen molar-refractivity contribution in [3.05, 3.63) is 62.5 Å². The zero-order valence-electron chi connectivity index (χ0n) is 10.6. The molecule has 0 aliphatic carbocycles. The van der Waals surface area contributed by atoms with E-state index in [0.29, 0.717) is 0 Å². The van der Waals surface area contributed by atoms with Crippen molar-refractivity contribution in [2.45, 2.75) is 12.5 Å². The predicted molar refractivity (Wildman–Crippen MR) is 85.5 cm³/mol. The lowest BCUT2D eigenvalue weighted by Crippen LogP contribution is -2.14. The number of nitrogens with two attached hydrogens (primary N) is 1. The predicted octanol–water partition coefficient (Wildman–Crippen LogP) is 4.46. The lowest BCUT2D eigenvalue weighted by atomic mass is 9.99. The van der Waals surface area contributed by atoms with E-state index in [1.165, 1.54) is 5.56 Å². The Morgan fingerprint density at radius 1 is 1.11 bits per heavy atom. The summed E-state index contributed by atoms with van der Waals surface area (Å²) in [5.74, 6) is 0.817. The summed E-state index contributed by atoms with van der Waals surface area (Å²) in [6, 6.07) is 14.0. The average Bonchev–Trinajstić information content (AvgIpc) is 2.38. The minimum atomic E-state index is -0.0858. The van der Waals surface area contributed by atoms with Gasteiger partial charge in [0.05, 0.1) is 7.11 Å². The molecule has 0 saturated carbocycles. The second kappa shape index (κ2) is 6.55. The second-order valence-electron chi connectivity index (χ2n) is 4.33. The Bertz CT molecular complexity index is 572. The molecular formula is C15H15Br2NO. The SMILES string of the molecule is COc1cc(Br)ccc1C(N)Cc1cccc(Br)c1. The molecule has 1 unspecified atom stereocenters. The maximum Gasteiger partial charge on any atom is 0.124 e. The highest BCUT2D eigenvalue weighted by Gasteiger charge is 2.13. The summed E-state index contributed by atoms with van der Waals surface area (Å²) in [7, 11) is 1.66. The molecule has 1 atom stereocenters. The molecular weight excluding hydrogens is 370 g/mol. The average molecular weight is 385 g/mol. The van der Waals surface area contributed by atoms with E-state index in [1.807, 2.05) is 30.3 Å². The highest BCUT2D eigenvalue weighted by Crippen LogP contribution is 2.29. The first-order chi connectivity index (χ1) is 9.10. The summed E-state index contributed by atoms with van der Waals surface area (Å²) in [5.41, 5.74) is 8.51. The Kier molecular flexibility index (Phi) is 5.02. The van der Waals surface area contributed by atoms with Crippen LogP contribution in [0.5, 0.6) is 5.75 Å². The van der Waals surface area contributed by atoms with E-state index in [2.05, 4.69) is 44.0 Å². The van der Waals surface area contributed by atoms with Crippen molar-refractivity contribution in [2.24, 2.45) is 5.73 Å². The number of benzene rings is 2. The number of methoxy groups -OCH3 is 1. The fourth-order valence-electron chi connectivity index (χ4n) is 2.02. The van der Waals surface area contributed by atoms with Gasteiger partial charge in [0.15, 0.2) is 0 Å². The van der Waals surface area contributed by atoms with Crippen LogP contribution in [0.15, 0.2) is 51.4 Å². The largest absolute Gasteiger partial charge is 0.496 e. The summed E-state index contributed by atoms with van der Waals surface area (Å²) >= 11 is 6.91. The zero-order chi connectivity index (χ0) is 13.8. The van der Waals surface area contributed by atoms with Crippen LogP contribution in [0.1, 0.15) is 17.2 Å². The molecule has 100 valence electrons. The van der Waals surface area contributed by atoms with E-state index in [4.69, 9.17) is 10.5 Å². The summed E-state index contributed by atoms with van der Waals surface area (Å²) in [4.78, 5) is 0. The second-order valence-corrected chi connectivity index (χ2v) is 6.16. The van der Waals surface area contributed by atoms with E-state index >= 15 is 0 Å². The van der Waals surface area contributed by atoms with Crippen LogP contribution in [-0.4, -0.2) is 7.11 Å². The van der Waals surface area contributed by atoms with Gasteiger partial charge in [-0.25, -0.2) is 0 Å². The molecule has 2 N–H and O–H groups in total. The molecule has 0 aromatic heterocycles. The molecule has 0 aliphatic heterocycles. The molecule has 0 amide bonds. The quantitative estimate of drug-likeness (QED) is 0.844. The van der Waals surface area contributed by atoms with Crippen molar-refractivity contribution in [3.63, 3.8) is 0 Å². The molecule has 0 radical (unpaired) electrons. The van der Waals surface area contributed by atoms with Crippen LogP contribution < -0.4 is 10.5 Å². The molecule has 0 spiro atoms. The van der Waals surface area contributed by atoms with Crippen LogP contribution >= 0.6 is 31.9 Å². The van der Waals surface area contributed by atoms with Crippen molar-refractivity contribution in [1.82, 2.24) is 0 Å². The van der Waals surface area contributed by atoms with Gasteiger partial charge in [0, 0.05) is 20.6 Å². The van der Waals surface area contributed by atoms with Crippen molar-refractivity contribution in [3.8, 4) is 5.75 Å². The van der Waals surface area contributed by atoms with Gasteiger partial charge in [-0.3, -0.25) is 0 Å². The third kappa shape index (κ3) is 3.81. The molecule has 0 fully saturated rings. The third-order valence-electron chi connectivity index (χ3n) is 2.94.